The molecule has 0 spiro atoms. The van der Waals surface area contributed by atoms with Crippen LogP contribution in [0.4, 0.5) is 0 Å². The number of amides is 1. The summed E-state index contributed by atoms with van der Waals surface area (Å²) in [6.07, 6.45) is 0. The normalized spacial score (nSPS) is 11.6. The Morgan fingerprint density at radius 3 is 2.52 bits per heavy atom. The van der Waals surface area contributed by atoms with Crippen LogP contribution in [0.15, 0.2) is 30.3 Å². The molecule has 21 heavy (non-hydrogen) atoms. The van der Waals surface area contributed by atoms with Gasteiger partial charge in [0.15, 0.2) is 0 Å². The molecule has 1 amide bonds. The number of rotatable bonds is 4. The predicted octanol–water partition coefficient (Wildman–Crippen LogP) is 1.87. The van der Waals surface area contributed by atoms with Gasteiger partial charge in [0.2, 0.25) is 5.91 Å². The highest BCUT2D eigenvalue weighted by molar-refractivity contribution is 5.85. The monoisotopic (exact) mass is 308 g/mol. The van der Waals surface area contributed by atoms with Crippen molar-refractivity contribution >= 4 is 18.3 Å². The quantitative estimate of drug-likeness (QED) is 0.905. The van der Waals surface area contributed by atoms with Gasteiger partial charge in [-0.1, -0.05) is 18.2 Å². The van der Waals surface area contributed by atoms with Crippen molar-refractivity contribution < 1.29 is 4.79 Å². The van der Waals surface area contributed by atoms with Gasteiger partial charge in [0.1, 0.15) is 0 Å². The minimum atomic E-state index is -0.500. The van der Waals surface area contributed by atoms with Crippen LogP contribution < -0.4 is 11.1 Å². The van der Waals surface area contributed by atoms with Crippen molar-refractivity contribution in [3.8, 4) is 5.69 Å². The molecule has 0 unspecified atom stereocenters. The second-order valence-corrected chi connectivity index (χ2v) is 4.90. The Kier molecular flexibility index (Phi) is 5.93. The van der Waals surface area contributed by atoms with Crippen molar-refractivity contribution in [2.45, 2.75) is 33.4 Å². The summed E-state index contributed by atoms with van der Waals surface area (Å²) in [6, 6.07) is 9.43. The number of hydrogen-bond donors (Lipinski definition) is 2. The van der Waals surface area contributed by atoms with Crippen molar-refractivity contribution in [1.29, 1.82) is 0 Å². The van der Waals surface area contributed by atoms with E-state index in [0.717, 1.165) is 22.6 Å². The highest BCUT2D eigenvalue weighted by atomic mass is 35.5. The van der Waals surface area contributed by atoms with Crippen LogP contribution in [0.1, 0.15) is 23.9 Å². The molecular formula is C15H21ClN4O. The molecule has 1 aromatic heterocycles. The molecule has 0 bridgehead atoms. The topological polar surface area (TPSA) is 72.9 Å². The Balaban J connectivity index is 0.00000220. The Hall–Kier alpha value is -1.85. The van der Waals surface area contributed by atoms with Gasteiger partial charge in [-0.3, -0.25) is 4.79 Å². The maximum Gasteiger partial charge on any atom is 0.236 e. The summed E-state index contributed by atoms with van der Waals surface area (Å²) in [7, 11) is 0. The van der Waals surface area contributed by atoms with E-state index in [9.17, 15) is 4.79 Å². The van der Waals surface area contributed by atoms with Crippen LogP contribution in [0.5, 0.6) is 0 Å². The van der Waals surface area contributed by atoms with Crippen molar-refractivity contribution in [3.63, 3.8) is 0 Å². The standard InChI is InChI=1S/C15H20N4O.ClH/c1-10(16)15(20)17-9-14-11(2)18-19(12(14)3)13-7-5-4-6-8-13;/h4-8,10H,9,16H2,1-3H3,(H,17,20);1H/t10-;/m0./s1. The molecule has 0 aliphatic carbocycles. The largest absolute Gasteiger partial charge is 0.351 e. The molecule has 1 heterocycles. The second kappa shape index (κ2) is 7.24. The van der Waals surface area contributed by atoms with Crippen LogP contribution in [-0.4, -0.2) is 21.7 Å². The molecule has 114 valence electrons. The number of aromatic nitrogens is 2. The first-order valence-corrected chi connectivity index (χ1v) is 6.64. The smallest absolute Gasteiger partial charge is 0.236 e. The average molecular weight is 309 g/mol. The maximum atomic E-state index is 11.6. The molecule has 5 nitrogen and oxygen atoms in total. The summed E-state index contributed by atoms with van der Waals surface area (Å²) in [5.74, 6) is -0.156. The van der Waals surface area contributed by atoms with Gasteiger partial charge in [0.25, 0.3) is 0 Å². The number of nitrogens with zero attached hydrogens (tertiary/aromatic N) is 2. The van der Waals surface area contributed by atoms with Crippen molar-refractivity contribution in [2.24, 2.45) is 5.73 Å². The molecule has 0 radical (unpaired) electrons. The average Bonchev–Trinajstić information content (AvgIpc) is 2.72. The molecule has 0 saturated heterocycles. The lowest BCUT2D eigenvalue weighted by molar-refractivity contribution is -0.122. The van der Waals surface area contributed by atoms with E-state index in [4.69, 9.17) is 5.73 Å². The van der Waals surface area contributed by atoms with Gasteiger partial charge < -0.3 is 11.1 Å². The van der Waals surface area contributed by atoms with E-state index >= 15 is 0 Å². The Morgan fingerprint density at radius 1 is 1.33 bits per heavy atom. The van der Waals surface area contributed by atoms with E-state index in [1.807, 2.05) is 48.9 Å². The highest BCUT2D eigenvalue weighted by Crippen LogP contribution is 2.17. The van der Waals surface area contributed by atoms with Crippen LogP contribution in [0.2, 0.25) is 0 Å². The Labute approximate surface area is 130 Å². The molecule has 0 aliphatic heterocycles. The molecule has 0 aliphatic rings. The fourth-order valence-corrected chi connectivity index (χ4v) is 2.09. The number of carbonyl (C=O) groups is 1. The Morgan fingerprint density at radius 2 is 1.95 bits per heavy atom. The third-order valence-corrected chi connectivity index (χ3v) is 3.29. The van der Waals surface area contributed by atoms with Gasteiger partial charge >= 0.3 is 0 Å². The van der Waals surface area contributed by atoms with Gasteiger partial charge in [-0.05, 0) is 32.9 Å². The highest BCUT2D eigenvalue weighted by Gasteiger charge is 2.14. The number of nitrogens with two attached hydrogens (primary N) is 1. The van der Waals surface area contributed by atoms with E-state index in [1.165, 1.54) is 0 Å². The van der Waals surface area contributed by atoms with Gasteiger partial charge in [-0.25, -0.2) is 4.68 Å². The van der Waals surface area contributed by atoms with Crippen molar-refractivity contribution in [3.05, 3.63) is 47.3 Å². The van der Waals surface area contributed by atoms with Crippen LogP contribution >= 0.6 is 12.4 Å². The van der Waals surface area contributed by atoms with Crippen LogP contribution in [0, 0.1) is 13.8 Å². The van der Waals surface area contributed by atoms with Crippen molar-refractivity contribution in [2.75, 3.05) is 0 Å². The summed E-state index contributed by atoms with van der Waals surface area (Å²) < 4.78 is 1.89. The zero-order valence-electron chi connectivity index (χ0n) is 12.5. The summed E-state index contributed by atoms with van der Waals surface area (Å²) in [6.45, 7) is 6.06. The molecule has 3 N–H and O–H groups in total. The first-order chi connectivity index (χ1) is 9.50. The molecule has 2 aromatic rings. The van der Waals surface area contributed by atoms with E-state index in [2.05, 4.69) is 10.4 Å². The van der Waals surface area contributed by atoms with Crippen LogP contribution in [0.3, 0.4) is 0 Å². The van der Waals surface area contributed by atoms with Crippen molar-refractivity contribution in [1.82, 2.24) is 15.1 Å². The van der Waals surface area contributed by atoms with E-state index in [1.54, 1.807) is 6.92 Å². The first-order valence-electron chi connectivity index (χ1n) is 6.64. The minimum Gasteiger partial charge on any atom is -0.351 e. The molecule has 2 rings (SSSR count). The number of benzene rings is 1. The molecule has 1 aromatic carbocycles. The van der Waals surface area contributed by atoms with Gasteiger partial charge in [-0.2, -0.15) is 5.10 Å². The van der Waals surface area contributed by atoms with Crippen LogP contribution in [0.25, 0.3) is 5.69 Å². The molecule has 0 fully saturated rings. The number of aryl methyl sites for hydroxylation is 1. The maximum absolute atomic E-state index is 11.6. The fourth-order valence-electron chi connectivity index (χ4n) is 2.09. The fraction of sp³-hybridized carbons (Fsp3) is 0.333. The molecule has 6 heteroatoms. The summed E-state index contributed by atoms with van der Waals surface area (Å²) in [5.41, 5.74) is 9.52. The molecular weight excluding hydrogens is 288 g/mol. The zero-order valence-corrected chi connectivity index (χ0v) is 13.3. The van der Waals surface area contributed by atoms with E-state index < -0.39 is 6.04 Å². The lowest BCUT2D eigenvalue weighted by Gasteiger charge is -2.08. The lowest BCUT2D eigenvalue weighted by atomic mass is 10.2. The number of halogens is 1. The number of hydrogen-bond acceptors (Lipinski definition) is 3. The number of nitrogens with one attached hydrogen (secondary N) is 1. The number of carbonyl (C=O) groups excluding carboxylic acids is 1. The third kappa shape index (κ3) is 3.83. The van der Waals surface area contributed by atoms with Gasteiger partial charge in [-0.15, -0.1) is 12.4 Å². The van der Waals surface area contributed by atoms with Gasteiger partial charge in [0.05, 0.1) is 17.4 Å². The van der Waals surface area contributed by atoms with E-state index in [0.29, 0.717) is 6.54 Å². The van der Waals surface area contributed by atoms with Crippen LogP contribution in [-0.2, 0) is 11.3 Å². The minimum absolute atomic E-state index is 0. The molecule has 0 saturated carbocycles. The summed E-state index contributed by atoms with van der Waals surface area (Å²) in [5, 5.41) is 7.36. The molecule has 1 atom stereocenters. The predicted molar refractivity (Wildman–Crippen MR) is 85.8 cm³/mol. The lowest BCUT2D eigenvalue weighted by Crippen LogP contribution is -2.38. The summed E-state index contributed by atoms with van der Waals surface area (Å²) in [4.78, 5) is 11.6. The van der Waals surface area contributed by atoms with E-state index in [-0.39, 0.29) is 18.3 Å². The SMILES string of the molecule is Cc1nn(-c2ccccc2)c(C)c1CNC(=O)[C@H](C)N.Cl. The summed E-state index contributed by atoms with van der Waals surface area (Å²) >= 11 is 0. The third-order valence-electron chi connectivity index (χ3n) is 3.29. The Bertz CT molecular complexity index is 608. The zero-order chi connectivity index (χ0) is 14.7. The second-order valence-electron chi connectivity index (χ2n) is 4.90. The first kappa shape index (κ1) is 17.2. The number of para-hydroxylation sites is 1. The van der Waals surface area contributed by atoms with Gasteiger partial charge in [0, 0.05) is 17.8 Å².